The zero-order valence-corrected chi connectivity index (χ0v) is 15.6. The van der Waals surface area contributed by atoms with Crippen LogP contribution in [0.25, 0.3) is 0 Å². The second-order valence-electron chi connectivity index (χ2n) is 6.41. The van der Waals surface area contributed by atoms with Gasteiger partial charge >= 0.3 is 0 Å². The molecular formula is C16H24N4O5S. The minimum absolute atomic E-state index is 0.147. The van der Waals surface area contributed by atoms with Gasteiger partial charge in [0.05, 0.1) is 32.5 Å². The summed E-state index contributed by atoms with van der Waals surface area (Å²) in [5.41, 5.74) is 0. The normalized spacial score (nSPS) is 24.3. The first-order valence-corrected chi connectivity index (χ1v) is 9.70. The Morgan fingerprint density at radius 3 is 2.04 bits per heavy atom. The predicted octanol–water partition coefficient (Wildman–Crippen LogP) is -0.930. The number of hydrogen-bond donors (Lipinski definition) is 1. The fourth-order valence-corrected chi connectivity index (χ4v) is 4.13. The number of ether oxygens (including phenoxy) is 2. The van der Waals surface area contributed by atoms with Crippen LogP contribution in [-0.2, 0) is 23.9 Å². The van der Waals surface area contributed by atoms with Crippen molar-refractivity contribution in [1.29, 1.82) is 0 Å². The first-order chi connectivity index (χ1) is 12.5. The van der Waals surface area contributed by atoms with Gasteiger partial charge in [0.15, 0.2) is 10.4 Å². The molecule has 0 aliphatic carbocycles. The average molecular weight is 384 g/mol. The van der Waals surface area contributed by atoms with Crippen LogP contribution in [0.15, 0.2) is 4.99 Å². The smallest absolute Gasteiger partial charge is 0.245 e. The first-order valence-electron chi connectivity index (χ1n) is 8.82. The molecule has 3 aliphatic heterocycles. The lowest BCUT2D eigenvalue weighted by Crippen LogP contribution is -2.53. The Balaban J connectivity index is 1.77. The highest BCUT2D eigenvalue weighted by Crippen LogP contribution is 2.22. The van der Waals surface area contributed by atoms with Crippen LogP contribution in [0.1, 0.15) is 13.3 Å². The van der Waals surface area contributed by atoms with Gasteiger partial charge in [0.2, 0.25) is 17.7 Å². The molecule has 0 radical (unpaired) electrons. The third-order valence-corrected chi connectivity index (χ3v) is 5.46. The Kier molecular flexibility index (Phi) is 6.49. The van der Waals surface area contributed by atoms with Crippen LogP contribution in [0.4, 0.5) is 0 Å². The topological polar surface area (TPSA) is 101 Å². The molecule has 3 rings (SSSR count). The Hall–Kier alpha value is -1.65. The predicted molar refractivity (Wildman–Crippen MR) is 95.8 cm³/mol. The van der Waals surface area contributed by atoms with Crippen LogP contribution >= 0.6 is 11.8 Å². The molecule has 144 valence electrons. The molecule has 3 amide bonds. The Morgan fingerprint density at radius 1 is 1.08 bits per heavy atom. The van der Waals surface area contributed by atoms with Gasteiger partial charge in [-0.1, -0.05) is 11.8 Å². The summed E-state index contributed by atoms with van der Waals surface area (Å²) in [7, 11) is 0. The summed E-state index contributed by atoms with van der Waals surface area (Å²) in [6.45, 7) is 5.52. The van der Waals surface area contributed by atoms with Gasteiger partial charge in [-0.3, -0.25) is 19.4 Å². The zero-order valence-electron chi connectivity index (χ0n) is 14.8. The second kappa shape index (κ2) is 8.83. The summed E-state index contributed by atoms with van der Waals surface area (Å²) >= 11 is 1.03. The van der Waals surface area contributed by atoms with E-state index >= 15 is 0 Å². The molecule has 0 aromatic heterocycles. The first kappa shape index (κ1) is 19.1. The highest BCUT2D eigenvalue weighted by atomic mass is 32.2. The second-order valence-corrected chi connectivity index (χ2v) is 7.50. The van der Waals surface area contributed by atoms with Crippen molar-refractivity contribution in [2.24, 2.45) is 4.99 Å². The van der Waals surface area contributed by atoms with E-state index in [0.29, 0.717) is 64.2 Å². The highest BCUT2D eigenvalue weighted by Gasteiger charge is 2.37. The number of amidine groups is 1. The van der Waals surface area contributed by atoms with Gasteiger partial charge in [0.1, 0.15) is 0 Å². The molecule has 1 N–H and O–H groups in total. The fraction of sp³-hybridized carbons (Fsp3) is 0.750. The molecule has 1 atom stereocenters. The summed E-state index contributed by atoms with van der Waals surface area (Å²) < 4.78 is 10.6. The maximum Gasteiger partial charge on any atom is 0.245 e. The summed E-state index contributed by atoms with van der Waals surface area (Å²) in [6, 6.07) is -0.163. The number of nitrogens with one attached hydrogen (secondary N) is 1. The quantitative estimate of drug-likeness (QED) is 0.631. The standard InChI is InChI=1S/C16H24N4O5S/c1-11-10-12(21)18-16(17-11)26-13(14(22)19-2-6-24-7-3-19)15(23)20-4-8-25-9-5-20/h11,13H,2-10H2,1H3,(H,17,18,21)/t11-/m1/s1. The van der Waals surface area contributed by atoms with Gasteiger partial charge in [-0.25, -0.2) is 0 Å². The van der Waals surface area contributed by atoms with Crippen LogP contribution in [0.5, 0.6) is 0 Å². The third-order valence-electron chi connectivity index (χ3n) is 4.39. The molecule has 0 saturated carbocycles. The number of carbonyl (C=O) groups is 3. The SMILES string of the molecule is C[C@@H]1CC(=O)NC(SC(C(=O)N2CCOCC2)C(=O)N2CCOCC2)=N1. The Morgan fingerprint density at radius 2 is 1.58 bits per heavy atom. The van der Waals surface area contributed by atoms with Gasteiger partial charge < -0.3 is 24.6 Å². The molecular weight excluding hydrogens is 360 g/mol. The van der Waals surface area contributed by atoms with Crippen molar-refractivity contribution < 1.29 is 23.9 Å². The molecule has 0 aromatic rings. The van der Waals surface area contributed by atoms with Crippen LogP contribution in [0.3, 0.4) is 0 Å². The van der Waals surface area contributed by atoms with E-state index in [1.54, 1.807) is 9.80 Å². The van der Waals surface area contributed by atoms with Crippen LogP contribution < -0.4 is 5.32 Å². The van der Waals surface area contributed by atoms with Crippen molar-refractivity contribution in [3.05, 3.63) is 0 Å². The van der Waals surface area contributed by atoms with E-state index < -0.39 is 5.25 Å². The Bertz CT molecular complexity index is 557. The number of morpholine rings is 2. The van der Waals surface area contributed by atoms with Gasteiger partial charge in [-0.05, 0) is 6.92 Å². The van der Waals surface area contributed by atoms with Crippen molar-refractivity contribution >= 4 is 34.7 Å². The lowest BCUT2D eigenvalue weighted by molar-refractivity contribution is -0.144. The molecule has 2 saturated heterocycles. The van der Waals surface area contributed by atoms with Crippen molar-refractivity contribution in [3.63, 3.8) is 0 Å². The fourth-order valence-electron chi connectivity index (χ4n) is 2.99. The number of hydrogen-bond acceptors (Lipinski definition) is 7. The van der Waals surface area contributed by atoms with E-state index in [9.17, 15) is 14.4 Å². The average Bonchev–Trinajstić information content (AvgIpc) is 2.66. The molecule has 0 spiro atoms. The summed E-state index contributed by atoms with van der Waals surface area (Å²) in [4.78, 5) is 45.5. The minimum atomic E-state index is -0.962. The maximum atomic E-state index is 13.0. The van der Waals surface area contributed by atoms with Crippen molar-refractivity contribution in [3.8, 4) is 0 Å². The monoisotopic (exact) mass is 384 g/mol. The van der Waals surface area contributed by atoms with E-state index in [4.69, 9.17) is 9.47 Å². The molecule has 2 fully saturated rings. The summed E-state index contributed by atoms with van der Waals surface area (Å²) in [5.74, 6) is -0.665. The molecule has 0 unspecified atom stereocenters. The summed E-state index contributed by atoms with van der Waals surface area (Å²) in [6.07, 6.45) is 0.309. The third kappa shape index (κ3) is 4.74. The van der Waals surface area contributed by atoms with Gasteiger partial charge in [-0.15, -0.1) is 0 Å². The number of carbonyl (C=O) groups excluding carboxylic acids is 3. The lowest BCUT2D eigenvalue weighted by Gasteiger charge is -2.34. The molecule has 3 heterocycles. The number of nitrogens with zero attached hydrogens (tertiary/aromatic N) is 3. The molecule has 10 heteroatoms. The van der Waals surface area contributed by atoms with E-state index in [-0.39, 0.29) is 23.8 Å². The summed E-state index contributed by atoms with van der Waals surface area (Å²) in [5, 5.41) is 2.05. The van der Waals surface area contributed by atoms with E-state index in [0.717, 1.165) is 11.8 Å². The van der Waals surface area contributed by atoms with E-state index in [1.165, 1.54) is 0 Å². The number of rotatable bonds is 3. The minimum Gasteiger partial charge on any atom is -0.378 e. The molecule has 26 heavy (non-hydrogen) atoms. The van der Waals surface area contributed by atoms with Gasteiger partial charge in [0.25, 0.3) is 0 Å². The molecule has 0 bridgehead atoms. The Labute approximate surface area is 156 Å². The molecule has 0 aromatic carbocycles. The van der Waals surface area contributed by atoms with Crippen LogP contribution in [0, 0.1) is 0 Å². The largest absolute Gasteiger partial charge is 0.378 e. The van der Waals surface area contributed by atoms with E-state index in [1.807, 2.05) is 6.92 Å². The number of thioether (sulfide) groups is 1. The number of amides is 3. The van der Waals surface area contributed by atoms with E-state index in [2.05, 4.69) is 10.3 Å². The van der Waals surface area contributed by atoms with Gasteiger partial charge in [0, 0.05) is 32.6 Å². The molecule has 3 aliphatic rings. The molecule has 9 nitrogen and oxygen atoms in total. The maximum absolute atomic E-state index is 13.0. The lowest BCUT2D eigenvalue weighted by atomic mass is 10.2. The van der Waals surface area contributed by atoms with Gasteiger partial charge in [-0.2, -0.15) is 0 Å². The van der Waals surface area contributed by atoms with Crippen molar-refractivity contribution in [1.82, 2.24) is 15.1 Å². The highest BCUT2D eigenvalue weighted by molar-refractivity contribution is 8.15. The van der Waals surface area contributed by atoms with Crippen molar-refractivity contribution in [2.75, 3.05) is 52.6 Å². The van der Waals surface area contributed by atoms with Crippen LogP contribution in [-0.4, -0.2) is 96.6 Å². The van der Waals surface area contributed by atoms with Crippen molar-refractivity contribution in [2.45, 2.75) is 24.6 Å². The zero-order chi connectivity index (χ0) is 18.5. The van der Waals surface area contributed by atoms with Crippen LogP contribution in [0.2, 0.25) is 0 Å². The number of aliphatic imine (C=N–C) groups is 1.